The molecule has 0 spiro atoms. The Morgan fingerprint density at radius 2 is 1.69 bits per heavy atom. The largest absolute Gasteiger partial charge is 0.354 e. The summed E-state index contributed by atoms with van der Waals surface area (Å²) in [5, 5.41) is 0. The van der Waals surface area contributed by atoms with E-state index in [1.54, 1.807) is 6.20 Å². The Morgan fingerprint density at radius 1 is 0.966 bits per heavy atom. The maximum Gasteiger partial charge on any atom is 0.255 e. The summed E-state index contributed by atoms with van der Waals surface area (Å²) in [4.78, 5) is 24.3. The predicted molar refractivity (Wildman–Crippen MR) is 117 cm³/mol. The SMILES string of the molecule is CCN1CCN(c2ccc(C(=O)N3CCC(Cc4ccccc4)CC3)cn2)CC1. The van der Waals surface area contributed by atoms with E-state index in [-0.39, 0.29) is 5.91 Å². The van der Waals surface area contributed by atoms with E-state index in [0.29, 0.717) is 11.5 Å². The van der Waals surface area contributed by atoms with Crippen LogP contribution in [-0.4, -0.2) is 66.5 Å². The summed E-state index contributed by atoms with van der Waals surface area (Å²) in [7, 11) is 0. The van der Waals surface area contributed by atoms with Gasteiger partial charge in [0, 0.05) is 45.5 Å². The first-order chi connectivity index (χ1) is 14.2. The Morgan fingerprint density at radius 3 is 2.31 bits per heavy atom. The zero-order valence-electron chi connectivity index (χ0n) is 17.5. The lowest BCUT2D eigenvalue weighted by Crippen LogP contribution is -2.46. The molecule has 0 N–H and O–H groups in total. The van der Waals surface area contributed by atoms with E-state index in [2.05, 4.69) is 52.0 Å². The summed E-state index contributed by atoms with van der Waals surface area (Å²) in [6.07, 6.45) is 5.03. The molecule has 1 amide bonds. The highest BCUT2D eigenvalue weighted by Crippen LogP contribution is 2.23. The molecule has 0 aliphatic carbocycles. The van der Waals surface area contributed by atoms with Crippen molar-refractivity contribution >= 4 is 11.7 Å². The summed E-state index contributed by atoms with van der Waals surface area (Å²) in [5.74, 6) is 1.78. The van der Waals surface area contributed by atoms with E-state index >= 15 is 0 Å². The Labute approximate surface area is 174 Å². The van der Waals surface area contributed by atoms with Crippen molar-refractivity contribution in [3.05, 3.63) is 59.8 Å². The minimum Gasteiger partial charge on any atom is -0.354 e. The first kappa shape index (κ1) is 19.9. The third-order valence-electron chi connectivity index (χ3n) is 6.41. The van der Waals surface area contributed by atoms with Crippen LogP contribution in [0.2, 0.25) is 0 Å². The number of nitrogens with zero attached hydrogens (tertiary/aromatic N) is 4. The number of hydrogen-bond donors (Lipinski definition) is 0. The van der Waals surface area contributed by atoms with Crippen molar-refractivity contribution in [2.45, 2.75) is 26.2 Å². The van der Waals surface area contributed by atoms with Crippen molar-refractivity contribution in [1.29, 1.82) is 0 Å². The van der Waals surface area contributed by atoms with Crippen molar-refractivity contribution < 1.29 is 4.79 Å². The van der Waals surface area contributed by atoms with Crippen LogP contribution in [0.3, 0.4) is 0 Å². The number of rotatable bonds is 5. The van der Waals surface area contributed by atoms with E-state index in [4.69, 9.17) is 0 Å². The van der Waals surface area contributed by atoms with E-state index in [1.807, 2.05) is 17.0 Å². The smallest absolute Gasteiger partial charge is 0.255 e. The molecule has 2 aliphatic heterocycles. The van der Waals surface area contributed by atoms with E-state index in [9.17, 15) is 4.79 Å². The van der Waals surface area contributed by atoms with Crippen molar-refractivity contribution in [3.8, 4) is 0 Å². The monoisotopic (exact) mass is 392 g/mol. The fourth-order valence-electron chi connectivity index (χ4n) is 4.46. The Bertz CT molecular complexity index is 776. The molecule has 5 nitrogen and oxygen atoms in total. The van der Waals surface area contributed by atoms with Crippen molar-refractivity contribution in [1.82, 2.24) is 14.8 Å². The van der Waals surface area contributed by atoms with Gasteiger partial charge in [0.25, 0.3) is 5.91 Å². The molecule has 3 heterocycles. The number of benzene rings is 1. The van der Waals surface area contributed by atoms with Gasteiger partial charge < -0.3 is 14.7 Å². The molecule has 5 heteroatoms. The van der Waals surface area contributed by atoms with Gasteiger partial charge in [-0.3, -0.25) is 4.79 Å². The van der Waals surface area contributed by atoms with Crippen LogP contribution in [0, 0.1) is 5.92 Å². The lowest BCUT2D eigenvalue weighted by Gasteiger charge is -2.35. The number of likely N-dealkylation sites (N-methyl/N-ethyl adjacent to an activating group) is 1. The number of piperidine rings is 1. The second-order valence-corrected chi connectivity index (χ2v) is 8.25. The summed E-state index contributed by atoms with van der Waals surface area (Å²) >= 11 is 0. The van der Waals surface area contributed by atoms with Gasteiger partial charge in [-0.1, -0.05) is 37.3 Å². The standard InChI is InChI=1S/C24H32N4O/c1-2-26-14-16-27(17-15-26)23-9-8-22(19-25-23)24(29)28-12-10-21(11-13-28)18-20-6-4-3-5-7-20/h3-9,19,21H,2,10-18H2,1H3. The summed E-state index contributed by atoms with van der Waals surface area (Å²) in [6.45, 7) is 9.17. The molecule has 0 atom stereocenters. The minimum atomic E-state index is 0.123. The van der Waals surface area contributed by atoms with Gasteiger partial charge in [0.15, 0.2) is 0 Å². The molecule has 1 aromatic heterocycles. The van der Waals surface area contributed by atoms with Crippen LogP contribution in [0.5, 0.6) is 0 Å². The van der Waals surface area contributed by atoms with Crippen molar-refractivity contribution in [2.75, 3.05) is 50.7 Å². The number of aromatic nitrogens is 1. The van der Waals surface area contributed by atoms with Gasteiger partial charge in [0.1, 0.15) is 5.82 Å². The lowest BCUT2D eigenvalue weighted by molar-refractivity contribution is 0.0690. The van der Waals surface area contributed by atoms with E-state index in [1.165, 1.54) is 5.56 Å². The Kier molecular flexibility index (Phi) is 6.45. The first-order valence-electron chi connectivity index (χ1n) is 11.0. The predicted octanol–water partition coefficient (Wildman–Crippen LogP) is 3.32. The maximum atomic E-state index is 12.9. The number of hydrogen-bond acceptors (Lipinski definition) is 4. The number of anilines is 1. The molecule has 2 aliphatic rings. The van der Waals surface area contributed by atoms with Crippen LogP contribution in [-0.2, 0) is 6.42 Å². The number of piperazine rings is 1. The maximum absolute atomic E-state index is 12.9. The normalized spacial score (nSPS) is 18.8. The van der Waals surface area contributed by atoms with Gasteiger partial charge in [0.2, 0.25) is 0 Å². The second kappa shape index (κ2) is 9.40. The van der Waals surface area contributed by atoms with Gasteiger partial charge in [-0.15, -0.1) is 0 Å². The minimum absolute atomic E-state index is 0.123. The molecule has 0 unspecified atom stereocenters. The number of amides is 1. The zero-order chi connectivity index (χ0) is 20.1. The quantitative estimate of drug-likeness (QED) is 0.783. The average molecular weight is 393 g/mol. The van der Waals surface area contributed by atoms with Gasteiger partial charge >= 0.3 is 0 Å². The molecule has 2 fully saturated rings. The third kappa shape index (κ3) is 4.96. The molecule has 4 rings (SSSR count). The van der Waals surface area contributed by atoms with Gasteiger partial charge in [0.05, 0.1) is 5.56 Å². The fraction of sp³-hybridized carbons (Fsp3) is 0.500. The van der Waals surface area contributed by atoms with Crippen LogP contribution in [0.15, 0.2) is 48.7 Å². The summed E-state index contributed by atoms with van der Waals surface area (Å²) in [6, 6.07) is 14.6. The number of pyridine rings is 1. The average Bonchev–Trinajstić information content (AvgIpc) is 2.80. The van der Waals surface area contributed by atoms with Crippen molar-refractivity contribution in [2.24, 2.45) is 5.92 Å². The first-order valence-corrected chi connectivity index (χ1v) is 11.0. The zero-order valence-corrected chi connectivity index (χ0v) is 17.5. The number of carbonyl (C=O) groups excluding carboxylic acids is 1. The Balaban J connectivity index is 1.29. The third-order valence-corrected chi connectivity index (χ3v) is 6.41. The summed E-state index contributed by atoms with van der Waals surface area (Å²) in [5.41, 5.74) is 2.11. The highest BCUT2D eigenvalue weighted by atomic mass is 16.2. The van der Waals surface area contributed by atoms with E-state index in [0.717, 1.165) is 70.9 Å². The van der Waals surface area contributed by atoms with Gasteiger partial charge in [-0.05, 0) is 49.4 Å². The molecule has 2 saturated heterocycles. The molecular formula is C24H32N4O. The molecule has 29 heavy (non-hydrogen) atoms. The number of likely N-dealkylation sites (tertiary alicyclic amines) is 1. The molecule has 0 saturated carbocycles. The second-order valence-electron chi connectivity index (χ2n) is 8.25. The van der Waals surface area contributed by atoms with E-state index < -0.39 is 0 Å². The topological polar surface area (TPSA) is 39.7 Å². The highest BCUT2D eigenvalue weighted by Gasteiger charge is 2.24. The van der Waals surface area contributed by atoms with Crippen LogP contribution >= 0.6 is 0 Å². The molecule has 0 radical (unpaired) electrons. The van der Waals surface area contributed by atoms with Crippen LogP contribution in [0.1, 0.15) is 35.7 Å². The Hall–Kier alpha value is -2.40. The van der Waals surface area contributed by atoms with Crippen LogP contribution in [0.4, 0.5) is 5.82 Å². The molecule has 154 valence electrons. The van der Waals surface area contributed by atoms with Crippen molar-refractivity contribution in [3.63, 3.8) is 0 Å². The van der Waals surface area contributed by atoms with Crippen LogP contribution in [0.25, 0.3) is 0 Å². The van der Waals surface area contributed by atoms with Crippen LogP contribution < -0.4 is 4.90 Å². The molecule has 2 aromatic rings. The summed E-state index contributed by atoms with van der Waals surface area (Å²) < 4.78 is 0. The fourth-order valence-corrected chi connectivity index (χ4v) is 4.46. The molecule has 0 bridgehead atoms. The highest BCUT2D eigenvalue weighted by molar-refractivity contribution is 5.94. The molecule has 1 aromatic carbocycles. The van der Waals surface area contributed by atoms with Gasteiger partial charge in [-0.25, -0.2) is 4.98 Å². The molecular weight excluding hydrogens is 360 g/mol. The lowest BCUT2D eigenvalue weighted by atomic mass is 9.90. The van der Waals surface area contributed by atoms with Gasteiger partial charge in [-0.2, -0.15) is 0 Å². The number of carbonyl (C=O) groups is 1.